The quantitative estimate of drug-likeness (QED) is 0.412. The second-order valence-electron chi connectivity index (χ2n) is 5.49. The Kier molecular flexibility index (Phi) is 5.73. The highest BCUT2D eigenvalue weighted by Crippen LogP contribution is 2.36. The maximum absolute atomic E-state index is 11.6. The Morgan fingerprint density at radius 3 is 2.48 bits per heavy atom. The molecule has 0 saturated heterocycles. The predicted octanol–water partition coefficient (Wildman–Crippen LogP) is 5.79. The number of halogens is 2. The molecule has 0 aliphatic heterocycles. The van der Waals surface area contributed by atoms with Crippen molar-refractivity contribution in [3.63, 3.8) is 0 Å². The molecule has 0 atom stereocenters. The number of nitro groups is 1. The van der Waals surface area contributed by atoms with Gasteiger partial charge in [0.1, 0.15) is 12.1 Å². The SMILES string of the molecule is CCc1ccc(Oc2ncnc(Nc3ccc(Cl)c(Cl)c3)c2[N+](=O)[O-])cc1. The summed E-state index contributed by atoms with van der Waals surface area (Å²) in [6.07, 6.45) is 2.06. The molecule has 2 aromatic carbocycles. The van der Waals surface area contributed by atoms with Crippen molar-refractivity contribution in [2.45, 2.75) is 13.3 Å². The zero-order valence-electron chi connectivity index (χ0n) is 14.1. The lowest BCUT2D eigenvalue weighted by Crippen LogP contribution is -2.03. The van der Waals surface area contributed by atoms with E-state index in [2.05, 4.69) is 15.3 Å². The monoisotopic (exact) mass is 404 g/mol. The van der Waals surface area contributed by atoms with Crippen LogP contribution in [0.15, 0.2) is 48.8 Å². The zero-order valence-corrected chi connectivity index (χ0v) is 15.7. The fourth-order valence-electron chi connectivity index (χ4n) is 2.31. The maximum atomic E-state index is 11.6. The lowest BCUT2D eigenvalue weighted by molar-refractivity contribution is -0.385. The van der Waals surface area contributed by atoms with Crippen LogP contribution in [0.2, 0.25) is 10.0 Å². The predicted molar refractivity (Wildman–Crippen MR) is 104 cm³/mol. The van der Waals surface area contributed by atoms with E-state index in [0.29, 0.717) is 21.5 Å². The molecule has 0 aliphatic rings. The lowest BCUT2D eigenvalue weighted by Gasteiger charge is -2.10. The van der Waals surface area contributed by atoms with Crippen molar-refractivity contribution >= 4 is 40.4 Å². The maximum Gasteiger partial charge on any atom is 0.373 e. The van der Waals surface area contributed by atoms with E-state index in [1.165, 1.54) is 6.33 Å². The molecule has 0 aliphatic carbocycles. The fraction of sp³-hybridized carbons (Fsp3) is 0.111. The van der Waals surface area contributed by atoms with Gasteiger partial charge in [0.15, 0.2) is 0 Å². The van der Waals surface area contributed by atoms with Crippen molar-refractivity contribution in [1.29, 1.82) is 0 Å². The largest absolute Gasteiger partial charge is 0.434 e. The first-order chi connectivity index (χ1) is 13.0. The first kappa shape index (κ1) is 18.9. The second-order valence-corrected chi connectivity index (χ2v) is 6.30. The minimum absolute atomic E-state index is 0.0198. The highest BCUT2D eigenvalue weighted by molar-refractivity contribution is 6.42. The van der Waals surface area contributed by atoms with Gasteiger partial charge >= 0.3 is 11.6 Å². The molecule has 3 rings (SSSR count). The number of aryl methyl sites for hydroxylation is 1. The third-order valence-corrected chi connectivity index (χ3v) is 4.44. The summed E-state index contributed by atoms with van der Waals surface area (Å²) in [4.78, 5) is 18.9. The Hall–Kier alpha value is -2.90. The molecule has 0 unspecified atom stereocenters. The summed E-state index contributed by atoms with van der Waals surface area (Å²) in [5.74, 6) is 0.255. The molecule has 27 heavy (non-hydrogen) atoms. The first-order valence-electron chi connectivity index (χ1n) is 7.96. The topological polar surface area (TPSA) is 90.2 Å². The van der Waals surface area contributed by atoms with Crippen molar-refractivity contribution < 1.29 is 9.66 Å². The van der Waals surface area contributed by atoms with Gasteiger partial charge in [-0.05, 0) is 42.3 Å². The van der Waals surface area contributed by atoms with Crippen molar-refractivity contribution in [3.05, 3.63) is 74.5 Å². The molecule has 0 spiro atoms. The van der Waals surface area contributed by atoms with Crippen molar-refractivity contribution in [1.82, 2.24) is 9.97 Å². The molecule has 0 bridgehead atoms. The van der Waals surface area contributed by atoms with E-state index >= 15 is 0 Å². The van der Waals surface area contributed by atoms with Gasteiger partial charge in [-0.1, -0.05) is 42.3 Å². The number of benzene rings is 2. The minimum Gasteiger partial charge on any atom is -0.434 e. The average Bonchev–Trinajstić information content (AvgIpc) is 2.65. The zero-order chi connectivity index (χ0) is 19.4. The van der Waals surface area contributed by atoms with Crippen molar-refractivity contribution in [3.8, 4) is 11.6 Å². The number of aromatic nitrogens is 2. The molecule has 1 aromatic heterocycles. The van der Waals surface area contributed by atoms with Gasteiger partial charge in [-0.25, -0.2) is 4.98 Å². The van der Waals surface area contributed by atoms with Gasteiger partial charge in [-0.2, -0.15) is 4.98 Å². The Bertz CT molecular complexity index is 981. The number of anilines is 2. The van der Waals surface area contributed by atoms with Crippen LogP contribution in [-0.2, 0) is 6.42 Å². The molecule has 138 valence electrons. The highest BCUT2D eigenvalue weighted by atomic mass is 35.5. The fourth-order valence-corrected chi connectivity index (χ4v) is 2.61. The number of hydrogen-bond acceptors (Lipinski definition) is 6. The normalized spacial score (nSPS) is 10.5. The average molecular weight is 405 g/mol. The van der Waals surface area contributed by atoms with E-state index in [0.717, 1.165) is 12.0 Å². The van der Waals surface area contributed by atoms with Crippen molar-refractivity contribution in [2.75, 3.05) is 5.32 Å². The number of ether oxygens (including phenoxy) is 1. The Labute approximate surface area is 165 Å². The molecule has 0 fully saturated rings. The van der Waals surface area contributed by atoms with Crippen LogP contribution < -0.4 is 10.1 Å². The van der Waals surface area contributed by atoms with Gasteiger partial charge in [0.05, 0.1) is 15.0 Å². The molecule has 0 saturated carbocycles. The van der Waals surface area contributed by atoms with Crippen LogP contribution in [0.5, 0.6) is 11.6 Å². The third-order valence-electron chi connectivity index (χ3n) is 3.70. The minimum atomic E-state index is -0.602. The standard InChI is InChI=1S/C18H14Cl2N4O3/c1-2-11-3-6-13(7-4-11)27-18-16(24(25)26)17(21-10-22-18)23-12-5-8-14(19)15(20)9-12/h3-10H,2H2,1H3,(H,21,22,23). The van der Waals surface area contributed by atoms with Gasteiger partial charge in [0.25, 0.3) is 0 Å². The second kappa shape index (κ2) is 8.20. The van der Waals surface area contributed by atoms with Crippen LogP contribution in [0, 0.1) is 10.1 Å². The van der Waals surface area contributed by atoms with Crippen molar-refractivity contribution in [2.24, 2.45) is 0 Å². The number of nitrogens with zero attached hydrogens (tertiary/aromatic N) is 3. The lowest BCUT2D eigenvalue weighted by atomic mass is 10.2. The number of nitrogens with one attached hydrogen (secondary N) is 1. The molecule has 1 N–H and O–H groups in total. The summed E-state index contributed by atoms with van der Waals surface area (Å²) in [7, 11) is 0. The molecule has 9 heteroatoms. The number of rotatable bonds is 6. The summed E-state index contributed by atoms with van der Waals surface area (Å²) in [6.45, 7) is 2.03. The van der Waals surface area contributed by atoms with Gasteiger partial charge < -0.3 is 10.1 Å². The molecule has 1 heterocycles. The third kappa shape index (κ3) is 4.45. The van der Waals surface area contributed by atoms with Crippen LogP contribution in [0.3, 0.4) is 0 Å². The van der Waals surface area contributed by atoms with E-state index in [9.17, 15) is 10.1 Å². The Morgan fingerprint density at radius 1 is 1.11 bits per heavy atom. The van der Waals surface area contributed by atoms with Gasteiger partial charge in [-0.15, -0.1) is 0 Å². The smallest absolute Gasteiger partial charge is 0.373 e. The molecule has 0 radical (unpaired) electrons. The molecular weight excluding hydrogens is 391 g/mol. The summed E-state index contributed by atoms with van der Waals surface area (Å²) in [6, 6.07) is 12.0. The molecule has 3 aromatic rings. The molecule has 0 amide bonds. The molecular formula is C18H14Cl2N4O3. The van der Waals surface area contributed by atoms with Crippen LogP contribution in [0.25, 0.3) is 0 Å². The van der Waals surface area contributed by atoms with E-state index < -0.39 is 4.92 Å². The Morgan fingerprint density at radius 2 is 1.85 bits per heavy atom. The van der Waals surface area contributed by atoms with Crippen LogP contribution in [0.1, 0.15) is 12.5 Å². The van der Waals surface area contributed by atoms with E-state index in [1.807, 2.05) is 19.1 Å². The Balaban J connectivity index is 1.94. The van der Waals surface area contributed by atoms with E-state index in [4.69, 9.17) is 27.9 Å². The van der Waals surface area contributed by atoms with Gasteiger partial charge in [0.2, 0.25) is 5.82 Å². The van der Waals surface area contributed by atoms with Gasteiger partial charge in [-0.3, -0.25) is 10.1 Å². The van der Waals surface area contributed by atoms with E-state index in [-0.39, 0.29) is 17.4 Å². The van der Waals surface area contributed by atoms with E-state index in [1.54, 1.807) is 30.3 Å². The van der Waals surface area contributed by atoms with Crippen LogP contribution in [0.4, 0.5) is 17.2 Å². The first-order valence-corrected chi connectivity index (χ1v) is 8.71. The summed E-state index contributed by atoms with van der Waals surface area (Å²) in [5, 5.41) is 15.1. The summed E-state index contributed by atoms with van der Waals surface area (Å²) in [5.41, 5.74) is 1.23. The summed E-state index contributed by atoms with van der Waals surface area (Å²) >= 11 is 11.9. The van der Waals surface area contributed by atoms with Crippen LogP contribution >= 0.6 is 23.2 Å². The highest BCUT2D eigenvalue weighted by Gasteiger charge is 2.25. The number of hydrogen-bond donors (Lipinski definition) is 1. The summed E-state index contributed by atoms with van der Waals surface area (Å²) < 4.78 is 5.61. The molecule has 7 nitrogen and oxygen atoms in total. The van der Waals surface area contributed by atoms with Crippen LogP contribution in [-0.4, -0.2) is 14.9 Å². The van der Waals surface area contributed by atoms with Gasteiger partial charge in [0, 0.05) is 5.69 Å².